The average molecular weight is 258 g/mol. The molecule has 1 aromatic rings. The van der Waals surface area contributed by atoms with E-state index in [9.17, 15) is 4.79 Å². The number of carboxylic acids is 1. The Balaban J connectivity index is 0.00000144. The SMILES string of the molecule is Cl.O=C(O)c1ccc(CN2CCOCC2)cc1. The van der Waals surface area contributed by atoms with Gasteiger partial charge in [0.05, 0.1) is 18.8 Å². The second-order valence-corrected chi connectivity index (χ2v) is 3.89. The lowest BCUT2D eigenvalue weighted by Crippen LogP contribution is -2.35. The second-order valence-electron chi connectivity index (χ2n) is 3.89. The highest BCUT2D eigenvalue weighted by atomic mass is 35.5. The molecule has 1 aromatic carbocycles. The molecule has 1 aliphatic rings. The molecular formula is C12H16ClNO3. The summed E-state index contributed by atoms with van der Waals surface area (Å²) in [6.45, 7) is 4.32. The lowest BCUT2D eigenvalue weighted by Gasteiger charge is -2.26. The summed E-state index contributed by atoms with van der Waals surface area (Å²) in [6, 6.07) is 7.05. The molecule has 0 amide bonds. The second kappa shape index (κ2) is 6.59. The van der Waals surface area contributed by atoms with Crippen LogP contribution in [0.4, 0.5) is 0 Å². The van der Waals surface area contributed by atoms with E-state index in [1.165, 1.54) is 0 Å². The molecule has 5 heteroatoms. The molecule has 17 heavy (non-hydrogen) atoms. The number of carboxylic acid groups (broad SMARTS) is 1. The predicted octanol–water partition coefficient (Wildman–Crippen LogP) is 1.64. The molecule has 0 aliphatic carbocycles. The summed E-state index contributed by atoms with van der Waals surface area (Å²) < 4.78 is 5.27. The summed E-state index contributed by atoms with van der Waals surface area (Å²) in [6.07, 6.45) is 0. The Morgan fingerprint density at radius 3 is 2.35 bits per heavy atom. The molecule has 0 spiro atoms. The summed E-state index contributed by atoms with van der Waals surface area (Å²) in [4.78, 5) is 13.0. The third-order valence-corrected chi connectivity index (χ3v) is 2.71. The van der Waals surface area contributed by atoms with Gasteiger partial charge in [0.2, 0.25) is 0 Å². The molecule has 0 bridgehead atoms. The third kappa shape index (κ3) is 4.00. The van der Waals surface area contributed by atoms with Gasteiger partial charge in [-0.3, -0.25) is 4.90 Å². The van der Waals surface area contributed by atoms with Gasteiger partial charge in [-0.1, -0.05) is 12.1 Å². The maximum Gasteiger partial charge on any atom is 0.335 e. The van der Waals surface area contributed by atoms with Gasteiger partial charge in [-0.15, -0.1) is 12.4 Å². The first-order valence-corrected chi connectivity index (χ1v) is 5.38. The van der Waals surface area contributed by atoms with Crippen molar-refractivity contribution < 1.29 is 14.6 Å². The van der Waals surface area contributed by atoms with Gasteiger partial charge >= 0.3 is 5.97 Å². The van der Waals surface area contributed by atoms with Gasteiger partial charge in [0.1, 0.15) is 0 Å². The van der Waals surface area contributed by atoms with E-state index < -0.39 is 5.97 Å². The van der Waals surface area contributed by atoms with E-state index in [-0.39, 0.29) is 12.4 Å². The van der Waals surface area contributed by atoms with E-state index >= 15 is 0 Å². The highest BCUT2D eigenvalue weighted by Crippen LogP contribution is 2.09. The Labute approximate surface area is 107 Å². The number of ether oxygens (including phenoxy) is 1. The third-order valence-electron chi connectivity index (χ3n) is 2.71. The summed E-state index contributed by atoms with van der Waals surface area (Å²) >= 11 is 0. The molecule has 4 nitrogen and oxygen atoms in total. The predicted molar refractivity (Wildman–Crippen MR) is 66.7 cm³/mol. The van der Waals surface area contributed by atoms with Gasteiger partial charge in [0.25, 0.3) is 0 Å². The van der Waals surface area contributed by atoms with Crippen LogP contribution in [0, 0.1) is 0 Å². The molecular weight excluding hydrogens is 242 g/mol. The smallest absolute Gasteiger partial charge is 0.335 e. The molecule has 1 N–H and O–H groups in total. The number of benzene rings is 1. The van der Waals surface area contributed by atoms with Crippen LogP contribution in [0.1, 0.15) is 15.9 Å². The van der Waals surface area contributed by atoms with Crippen LogP contribution in [0.3, 0.4) is 0 Å². The zero-order valence-electron chi connectivity index (χ0n) is 9.46. The first-order valence-electron chi connectivity index (χ1n) is 5.38. The molecule has 2 rings (SSSR count). The maximum absolute atomic E-state index is 10.7. The van der Waals surface area contributed by atoms with Crippen LogP contribution >= 0.6 is 12.4 Å². The Kier molecular flexibility index (Phi) is 5.41. The van der Waals surface area contributed by atoms with Crippen LogP contribution in [0.25, 0.3) is 0 Å². The summed E-state index contributed by atoms with van der Waals surface area (Å²) in [5.74, 6) is -0.877. The first kappa shape index (κ1) is 14.0. The van der Waals surface area contributed by atoms with Gasteiger partial charge < -0.3 is 9.84 Å². The van der Waals surface area contributed by atoms with Gasteiger partial charge in [0, 0.05) is 19.6 Å². The van der Waals surface area contributed by atoms with E-state index in [4.69, 9.17) is 9.84 Å². The number of morpholine rings is 1. The van der Waals surface area contributed by atoms with Gasteiger partial charge in [-0.25, -0.2) is 4.79 Å². The van der Waals surface area contributed by atoms with Crippen LogP contribution in [-0.2, 0) is 11.3 Å². The number of hydrogen-bond acceptors (Lipinski definition) is 3. The van der Waals surface area contributed by atoms with Crippen molar-refractivity contribution in [3.8, 4) is 0 Å². The quantitative estimate of drug-likeness (QED) is 0.894. The van der Waals surface area contributed by atoms with Crippen molar-refractivity contribution in [2.75, 3.05) is 26.3 Å². The fourth-order valence-corrected chi connectivity index (χ4v) is 1.77. The van der Waals surface area contributed by atoms with Crippen molar-refractivity contribution >= 4 is 18.4 Å². The van der Waals surface area contributed by atoms with E-state index in [1.54, 1.807) is 12.1 Å². The van der Waals surface area contributed by atoms with E-state index in [1.807, 2.05) is 12.1 Å². The zero-order valence-corrected chi connectivity index (χ0v) is 10.3. The monoisotopic (exact) mass is 257 g/mol. The number of halogens is 1. The van der Waals surface area contributed by atoms with Crippen molar-refractivity contribution in [1.82, 2.24) is 4.90 Å². The van der Waals surface area contributed by atoms with Crippen LogP contribution in [-0.4, -0.2) is 42.3 Å². The zero-order chi connectivity index (χ0) is 11.4. The Morgan fingerprint density at radius 2 is 1.82 bits per heavy atom. The topological polar surface area (TPSA) is 49.8 Å². The molecule has 1 fully saturated rings. The molecule has 0 unspecified atom stereocenters. The number of carbonyl (C=O) groups is 1. The van der Waals surface area contributed by atoms with Crippen molar-refractivity contribution in [1.29, 1.82) is 0 Å². The number of nitrogens with zero attached hydrogens (tertiary/aromatic N) is 1. The van der Waals surface area contributed by atoms with Crippen molar-refractivity contribution in [2.24, 2.45) is 0 Å². The van der Waals surface area contributed by atoms with E-state index in [2.05, 4.69) is 4.90 Å². The minimum absolute atomic E-state index is 0. The largest absolute Gasteiger partial charge is 0.478 e. The molecule has 0 saturated carbocycles. The fourth-order valence-electron chi connectivity index (χ4n) is 1.77. The first-order chi connectivity index (χ1) is 7.75. The number of aromatic carboxylic acids is 1. The van der Waals surface area contributed by atoms with E-state index in [0.717, 1.165) is 38.4 Å². The minimum Gasteiger partial charge on any atom is -0.478 e. The molecule has 1 heterocycles. The van der Waals surface area contributed by atoms with Crippen molar-refractivity contribution in [2.45, 2.75) is 6.54 Å². The lowest BCUT2D eigenvalue weighted by atomic mass is 10.1. The van der Waals surface area contributed by atoms with Crippen molar-refractivity contribution in [3.63, 3.8) is 0 Å². The highest BCUT2D eigenvalue weighted by Gasteiger charge is 2.10. The molecule has 0 radical (unpaired) electrons. The van der Waals surface area contributed by atoms with Gasteiger partial charge in [-0.2, -0.15) is 0 Å². The minimum atomic E-state index is -0.877. The molecule has 1 aliphatic heterocycles. The summed E-state index contributed by atoms with van der Waals surface area (Å²) in [5, 5.41) is 8.77. The standard InChI is InChI=1S/C12H15NO3.ClH/c14-12(15)11-3-1-10(2-4-11)9-13-5-7-16-8-6-13;/h1-4H,5-9H2,(H,14,15);1H. The Hall–Kier alpha value is -1.10. The molecule has 94 valence electrons. The van der Waals surface area contributed by atoms with Gasteiger partial charge in [-0.05, 0) is 17.7 Å². The average Bonchev–Trinajstić information content (AvgIpc) is 2.31. The fraction of sp³-hybridized carbons (Fsp3) is 0.417. The molecule has 0 atom stereocenters. The highest BCUT2D eigenvalue weighted by molar-refractivity contribution is 5.87. The Bertz CT molecular complexity index is 361. The number of rotatable bonds is 3. The Morgan fingerprint density at radius 1 is 1.24 bits per heavy atom. The summed E-state index contributed by atoms with van der Waals surface area (Å²) in [5.41, 5.74) is 1.48. The normalized spacial score (nSPS) is 16.2. The summed E-state index contributed by atoms with van der Waals surface area (Å²) in [7, 11) is 0. The molecule has 1 saturated heterocycles. The van der Waals surface area contributed by atoms with Crippen LogP contribution in [0.5, 0.6) is 0 Å². The van der Waals surface area contributed by atoms with Crippen LogP contribution in [0.15, 0.2) is 24.3 Å². The lowest BCUT2D eigenvalue weighted by molar-refractivity contribution is 0.0342. The molecule has 0 aromatic heterocycles. The number of hydrogen-bond donors (Lipinski definition) is 1. The van der Waals surface area contributed by atoms with Crippen LogP contribution in [0.2, 0.25) is 0 Å². The maximum atomic E-state index is 10.7. The van der Waals surface area contributed by atoms with Gasteiger partial charge in [0.15, 0.2) is 0 Å². The van der Waals surface area contributed by atoms with Crippen molar-refractivity contribution in [3.05, 3.63) is 35.4 Å². The van der Waals surface area contributed by atoms with E-state index in [0.29, 0.717) is 5.56 Å². The van der Waals surface area contributed by atoms with Crippen LogP contribution < -0.4 is 0 Å².